The number of nitrogens with zero attached hydrogens (tertiary/aromatic N) is 4. The van der Waals surface area contributed by atoms with Gasteiger partial charge in [-0.25, -0.2) is 9.97 Å². The quantitative estimate of drug-likeness (QED) is 0.877. The van der Waals surface area contributed by atoms with Crippen molar-refractivity contribution in [2.24, 2.45) is 0 Å². The number of carbonyl (C=O) groups is 1. The Hall–Kier alpha value is -2.57. The summed E-state index contributed by atoms with van der Waals surface area (Å²) >= 11 is 0. The first kappa shape index (κ1) is 13.9. The Labute approximate surface area is 116 Å². The fraction of sp³-hybridized carbons (Fsp3) is 0.308. The molecule has 0 aliphatic heterocycles. The number of aryl methyl sites for hydroxylation is 2. The molecule has 2 N–H and O–H groups in total. The Morgan fingerprint density at radius 3 is 2.60 bits per heavy atom. The number of hydrogen-bond donors (Lipinski definition) is 2. The smallest absolute Gasteiger partial charge is 0.276 e. The van der Waals surface area contributed by atoms with Crippen molar-refractivity contribution in [1.29, 1.82) is 0 Å². The van der Waals surface area contributed by atoms with Gasteiger partial charge in [0.2, 0.25) is 5.95 Å². The highest BCUT2D eigenvalue weighted by Gasteiger charge is 2.10. The predicted octanol–water partition coefficient (Wildman–Crippen LogP) is 1.57. The van der Waals surface area contributed by atoms with Crippen LogP contribution < -0.4 is 10.6 Å². The molecule has 104 valence electrons. The molecule has 20 heavy (non-hydrogen) atoms. The minimum atomic E-state index is -0.363. The monoisotopic (exact) mass is 272 g/mol. The van der Waals surface area contributed by atoms with Gasteiger partial charge in [0.25, 0.3) is 5.91 Å². The molecule has 0 bridgehead atoms. The average Bonchev–Trinajstić information content (AvgIpc) is 2.44. The van der Waals surface area contributed by atoms with Gasteiger partial charge in [-0.3, -0.25) is 10.1 Å². The van der Waals surface area contributed by atoms with Crippen molar-refractivity contribution in [1.82, 2.24) is 20.2 Å². The molecular weight excluding hydrogens is 256 g/mol. The summed E-state index contributed by atoms with van der Waals surface area (Å²) in [6.45, 7) is 6.41. The molecule has 0 aromatic carbocycles. The van der Waals surface area contributed by atoms with Crippen molar-refractivity contribution >= 4 is 17.5 Å². The third kappa shape index (κ3) is 3.25. The average molecular weight is 272 g/mol. The Kier molecular flexibility index (Phi) is 4.19. The standard InChI is InChI=1S/C13H16N6O/c1-4-14-10-5-6-11(15-7-10)12(20)17-13-16-8(2)9(3)18-19-13/h5-7,14H,4H2,1-3H3,(H,16,17,19,20). The Bertz CT molecular complexity index is 611. The molecule has 0 unspecified atom stereocenters. The number of amides is 1. The fourth-order valence-electron chi connectivity index (χ4n) is 1.51. The van der Waals surface area contributed by atoms with Crippen LogP contribution in [0.4, 0.5) is 11.6 Å². The molecular formula is C13H16N6O. The van der Waals surface area contributed by atoms with Gasteiger partial charge in [-0.1, -0.05) is 0 Å². The van der Waals surface area contributed by atoms with Crippen molar-refractivity contribution < 1.29 is 4.79 Å². The first-order valence-corrected chi connectivity index (χ1v) is 6.29. The largest absolute Gasteiger partial charge is 0.384 e. The molecule has 2 aromatic heterocycles. The van der Waals surface area contributed by atoms with E-state index in [1.807, 2.05) is 20.8 Å². The molecule has 2 rings (SSSR count). The summed E-state index contributed by atoms with van der Waals surface area (Å²) in [6.07, 6.45) is 1.61. The molecule has 2 aromatic rings. The second kappa shape index (κ2) is 6.05. The van der Waals surface area contributed by atoms with Gasteiger partial charge in [-0.15, -0.1) is 5.10 Å². The van der Waals surface area contributed by atoms with Gasteiger partial charge in [0.15, 0.2) is 0 Å². The van der Waals surface area contributed by atoms with Crippen LogP contribution in [0.5, 0.6) is 0 Å². The van der Waals surface area contributed by atoms with E-state index >= 15 is 0 Å². The highest BCUT2D eigenvalue weighted by molar-refractivity contribution is 6.01. The summed E-state index contributed by atoms with van der Waals surface area (Å²) in [6, 6.07) is 3.44. The zero-order chi connectivity index (χ0) is 14.5. The van der Waals surface area contributed by atoms with Crippen LogP contribution in [0.15, 0.2) is 18.3 Å². The van der Waals surface area contributed by atoms with E-state index in [4.69, 9.17) is 0 Å². The Morgan fingerprint density at radius 2 is 2.00 bits per heavy atom. The van der Waals surface area contributed by atoms with Crippen molar-refractivity contribution in [3.8, 4) is 0 Å². The summed E-state index contributed by atoms with van der Waals surface area (Å²) in [5, 5.41) is 13.4. The third-order valence-corrected chi connectivity index (χ3v) is 2.69. The Morgan fingerprint density at radius 1 is 1.20 bits per heavy atom. The van der Waals surface area contributed by atoms with Gasteiger partial charge in [0.05, 0.1) is 23.3 Å². The van der Waals surface area contributed by atoms with Crippen LogP contribution in [0.25, 0.3) is 0 Å². The van der Waals surface area contributed by atoms with E-state index in [-0.39, 0.29) is 11.9 Å². The summed E-state index contributed by atoms with van der Waals surface area (Å²) in [7, 11) is 0. The van der Waals surface area contributed by atoms with Gasteiger partial charge < -0.3 is 5.32 Å². The van der Waals surface area contributed by atoms with Gasteiger partial charge in [0.1, 0.15) is 5.69 Å². The SMILES string of the molecule is CCNc1ccc(C(=O)Nc2nnc(C)c(C)n2)nc1. The first-order chi connectivity index (χ1) is 9.60. The van der Waals surface area contributed by atoms with Crippen LogP contribution >= 0.6 is 0 Å². The van der Waals surface area contributed by atoms with E-state index in [0.717, 1.165) is 23.6 Å². The van der Waals surface area contributed by atoms with Crippen LogP contribution in [-0.4, -0.2) is 32.6 Å². The normalized spacial score (nSPS) is 10.2. The molecule has 7 nitrogen and oxygen atoms in total. The van der Waals surface area contributed by atoms with Crippen molar-refractivity contribution in [2.75, 3.05) is 17.2 Å². The van der Waals surface area contributed by atoms with Crippen molar-refractivity contribution in [3.05, 3.63) is 35.4 Å². The molecule has 0 spiro atoms. The van der Waals surface area contributed by atoms with Crippen molar-refractivity contribution in [2.45, 2.75) is 20.8 Å². The lowest BCUT2D eigenvalue weighted by atomic mass is 10.3. The zero-order valence-corrected chi connectivity index (χ0v) is 11.6. The van der Waals surface area contributed by atoms with Crippen molar-refractivity contribution in [3.63, 3.8) is 0 Å². The maximum Gasteiger partial charge on any atom is 0.276 e. The minimum absolute atomic E-state index is 0.177. The molecule has 0 aliphatic rings. The molecule has 0 aliphatic carbocycles. The molecule has 0 saturated carbocycles. The maximum absolute atomic E-state index is 12.0. The topological polar surface area (TPSA) is 92.7 Å². The van der Waals surface area contributed by atoms with Crippen LogP contribution in [-0.2, 0) is 0 Å². The number of hydrogen-bond acceptors (Lipinski definition) is 6. The van der Waals surface area contributed by atoms with Crippen LogP contribution in [0, 0.1) is 13.8 Å². The van der Waals surface area contributed by atoms with E-state index in [0.29, 0.717) is 5.69 Å². The molecule has 1 amide bonds. The summed E-state index contributed by atoms with van der Waals surface area (Å²) in [5.74, 6) is -0.186. The number of anilines is 2. The van der Waals surface area contributed by atoms with E-state index in [1.54, 1.807) is 18.3 Å². The molecule has 7 heteroatoms. The summed E-state index contributed by atoms with van der Waals surface area (Å²) in [4.78, 5) is 20.2. The number of carbonyl (C=O) groups excluding carboxylic acids is 1. The first-order valence-electron chi connectivity index (χ1n) is 6.29. The summed E-state index contributed by atoms with van der Waals surface area (Å²) in [5.41, 5.74) is 2.63. The molecule has 2 heterocycles. The molecule has 0 fully saturated rings. The fourth-order valence-corrected chi connectivity index (χ4v) is 1.51. The van der Waals surface area contributed by atoms with E-state index in [2.05, 4.69) is 30.8 Å². The lowest BCUT2D eigenvalue weighted by molar-refractivity contribution is 0.102. The van der Waals surface area contributed by atoms with E-state index in [9.17, 15) is 4.79 Å². The number of pyridine rings is 1. The molecule has 0 radical (unpaired) electrons. The van der Waals surface area contributed by atoms with Crippen LogP contribution in [0.1, 0.15) is 28.8 Å². The van der Waals surface area contributed by atoms with Gasteiger partial charge in [0, 0.05) is 6.54 Å². The molecule has 0 saturated heterocycles. The minimum Gasteiger partial charge on any atom is -0.384 e. The second-order valence-corrected chi connectivity index (χ2v) is 4.22. The van der Waals surface area contributed by atoms with Crippen LogP contribution in [0.3, 0.4) is 0 Å². The Balaban J connectivity index is 2.09. The third-order valence-electron chi connectivity index (χ3n) is 2.69. The highest BCUT2D eigenvalue weighted by Crippen LogP contribution is 2.08. The number of rotatable bonds is 4. The molecule has 0 atom stereocenters. The lowest BCUT2D eigenvalue weighted by Crippen LogP contribution is -2.17. The predicted molar refractivity (Wildman–Crippen MR) is 75.7 cm³/mol. The number of nitrogens with one attached hydrogen (secondary N) is 2. The van der Waals surface area contributed by atoms with E-state index in [1.165, 1.54) is 0 Å². The highest BCUT2D eigenvalue weighted by atomic mass is 16.2. The lowest BCUT2D eigenvalue weighted by Gasteiger charge is -2.05. The summed E-state index contributed by atoms with van der Waals surface area (Å²) < 4.78 is 0. The van der Waals surface area contributed by atoms with Crippen LogP contribution in [0.2, 0.25) is 0 Å². The second-order valence-electron chi connectivity index (χ2n) is 4.22. The maximum atomic E-state index is 12.0. The van der Waals surface area contributed by atoms with Gasteiger partial charge in [-0.05, 0) is 32.9 Å². The number of aromatic nitrogens is 4. The van der Waals surface area contributed by atoms with Gasteiger partial charge in [-0.2, -0.15) is 5.10 Å². The van der Waals surface area contributed by atoms with Gasteiger partial charge >= 0.3 is 0 Å². The van der Waals surface area contributed by atoms with E-state index < -0.39 is 0 Å². The zero-order valence-electron chi connectivity index (χ0n) is 11.6.